The van der Waals surface area contributed by atoms with Crippen LogP contribution in [0.1, 0.15) is 64.0 Å². The van der Waals surface area contributed by atoms with Crippen molar-refractivity contribution in [1.82, 2.24) is 10.6 Å². The third-order valence-corrected chi connectivity index (χ3v) is 6.17. The molecule has 0 heterocycles. The summed E-state index contributed by atoms with van der Waals surface area (Å²) in [7, 11) is 0. The highest BCUT2D eigenvalue weighted by molar-refractivity contribution is 5.84. The number of carbonyl (C=O) groups is 3. The summed E-state index contributed by atoms with van der Waals surface area (Å²) < 4.78 is 5.56. The van der Waals surface area contributed by atoms with E-state index < -0.39 is 23.5 Å². The maximum absolute atomic E-state index is 12.4. The molecule has 0 saturated heterocycles. The Bertz CT molecular complexity index is 998. The Labute approximate surface area is 200 Å². The molecule has 2 aromatic rings. The van der Waals surface area contributed by atoms with Crippen molar-refractivity contribution in [3.05, 3.63) is 59.7 Å². The Morgan fingerprint density at radius 3 is 2.06 bits per heavy atom. The van der Waals surface area contributed by atoms with Crippen LogP contribution in [0.4, 0.5) is 4.79 Å². The van der Waals surface area contributed by atoms with Gasteiger partial charge in [-0.25, -0.2) is 9.59 Å². The van der Waals surface area contributed by atoms with E-state index in [9.17, 15) is 19.5 Å². The number of nitrogens with one attached hydrogen (secondary N) is 2. The van der Waals surface area contributed by atoms with E-state index in [1.54, 1.807) is 20.8 Å². The van der Waals surface area contributed by atoms with E-state index in [4.69, 9.17) is 4.74 Å². The number of fused-ring (bicyclic) bond motifs is 3. The number of aliphatic carboxylic acids is 1. The van der Waals surface area contributed by atoms with Gasteiger partial charge in [-0.05, 0) is 47.4 Å². The van der Waals surface area contributed by atoms with Crippen LogP contribution in [-0.2, 0) is 14.3 Å². The number of hydrogen-bond acceptors (Lipinski definition) is 4. The minimum Gasteiger partial charge on any atom is -0.480 e. The molecule has 0 radical (unpaired) electrons. The van der Waals surface area contributed by atoms with E-state index in [-0.39, 0.29) is 30.9 Å². The number of benzene rings is 2. The predicted molar refractivity (Wildman–Crippen MR) is 131 cm³/mol. The number of ether oxygens (including phenoxy) is 1. The predicted octanol–water partition coefficient (Wildman–Crippen LogP) is 4.70. The van der Waals surface area contributed by atoms with Gasteiger partial charge in [0, 0.05) is 18.4 Å². The molecule has 0 bridgehead atoms. The molecule has 7 heteroatoms. The second kappa shape index (κ2) is 10.7. The zero-order chi connectivity index (χ0) is 24.9. The summed E-state index contributed by atoms with van der Waals surface area (Å²) >= 11 is 0. The van der Waals surface area contributed by atoms with Gasteiger partial charge in [0.25, 0.3) is 0 Å². The van der Waals surface area contributed by atoms with E-state index in [2.05, 4.69) is 34.9 Å². The molecular weight excluding hydrogens is 432 g/mol. The second-order valence-electron chi connectivity index (χ2n) is 9.97. The van der Waals surface area contributed by atoms with Crippen LogP contribution in [0, 0.1) is 5.41 Å². The average Bonchev–Trinajstić information content (AvgIpc) is 3.09. The molecule has 2 amide bonds. The van der Waals surface area contributed by atoms with Gasteiger partial charge >= 0.3 is 12.1 Å². The third-order valence-electron chi connectivity index (χ3n) is 6.17. The van der Waals surface area contributed by atoms with Crippen molar-refractivity contribution >= 4 is 18.0 Å². The lowest BCUT2D eigenvalue weighted by molar-refractivity contribution is -0.145. The molecule has 3 rings (SSSR count). The van der Waals surface area contributed by atoms with Crippen LogP contribution < -0.4 is 10.6 Å². The largest absolute Gasteiger partial charge is 0.480 e. The van der Waals surface area contributed by atoms with Crippen LogP contribution in [0.3, 0.4) is 0 Å². The Hall–Kier alpha value is -3.35. The Morgan fingerprint density at radius 1 is 0.971 bits per heavy atom. The topological polar surface area (TPSA) is 105 Å². The maximum atomic E-state index is 12.4. The minimum absolute atomic E-state index is 0.00199. The lowest BCUT2D eigenvalue weighted by atomic mass is 9.86. The fourth-order valence-corrected chi connectivity index (χ4v) is 4.36. The van der Waals surface area contributed by atoms with Gasteiger partial charge in [0.05, 0.1) is 0 Å². The highest BCUT2D eigenvalue weighted by atomic mass is 16.5. The smallest absolute Gasteiger partial charge is 0.407 e. The Kier molecular flexibility index (Phi) is 7.97. The van der Waals surface area contributed by atoms with Gasteiger partial charge in [-0.1, -0.05) is 69.3 Å². The van der Waals surface area contributed by atoms with Crippen LogP contribution in [0.2, 0.25) is 0 Å². The van der Waals surface area contributed by atoms with Crippen LogP contribution in [0.25, 0.3) is 11.1 Å². The first-order chi connectivity index (χ1) is 16.1. The molecule has 7 nitrogen and oxygen atoms in total. The van der Waals surface area contributed by atoms with Gasteiger partial charge in [-0.3, -0.25) is 4.79 Å². The fourth-order valence-electron chi connectivity index (χ4n) is 4.36. The lowest BCUT2D eigenvalue weighted by Gasteiger charge is -2.27. The van der Waals surface area contributed by atoms with E-state index in [1.807, 2.05) is 31.2 Å². The minimum atomic E-state index is -1.05. The van der Waals surface area contributed by atoms with E-state index in [0.29, 0.717) is 12.8 Å². The SMILES string of the molecule is CC(CCCC(=O)N[C@@H](C(=O)O)C(C)(C)C)NC(=O)OCC1c2ccccc2-c2ccccc21. The van der Waals surface area contributed by atoms with Gasteiger partial charge in [0.2, 0.25) is 5.91 Å². The standard InChI is InChI=1S/C27H34N2O5/c1-17(10-9-15-23(30)29-24(25(31)32)27(2,3)4)28-26(33)34-16-22-20-13-7-5-11-18(20)19-12-6-8-14-21(19)22/h5-8,11-14,17,22,24H,9-10,15-16H2,1-4H3,(H,28,33)(H,29,30)(H,31,32)/t17?,24-/m0/s1. The summed E-state index contributed by atoms with van der Waals surface area (Å²) in [6.07, 6.45) is 0.798. The van der Waals surface area contributed by atoms with Crippen molar-refractivity contribution < 1.29 is 24.2 Å². The lowest BCUT2D eigenvalue weighted by Crippen LogP contribution is -2.49. The van der Waals surface area contributed by atoms with Crippen molar-refractivity contribution in [3.63, 3.8) is 0 Å². The van der Waals surface area contributed by atoms with Crippen LogP contribution in [0.5, 0.6) is 0 Å². The molecular formula is C27H34N2O5. The van der Waals surface area contributed by atoms with Gasteiger partial charge in [-0.15, -0.1) is 0 Å². The van der Waals surface area contributed by atoms with Crippen LogP contribution in [-0.4, -0.2) is 41.8 Å². The Balaban J connectivity index is 1.44. The zero-order valence-corrected chi connectivity index (χ0v) is 20.3. The van der Waals surface area contributed by atoms with E-state index in [0.717, 1.165) is 11.1 Å². The van der Waals surface area contributed by atoms with Gasteiger partial charge in [0.1, 0.15) is 12.6 Å². The van der Waals surface area contributed by atoms with Crippen molar-refractivity contribution in [2.75, 3.05) is 6.61 Å². The monoisotopic (exact) mass is 466 g/mol. The van der Waals surface area contributed by atoms with Gasteiger partial charge < -0.3 is 20.5 Å². The third kappa shape index (κ3) is 6.16. The van der Waals surface area contributed by atoms with Gasteiger partial charge in [-0.2, -0.15) is 0 Å². The number of carbonyl (C=O) groups excluding carboxylic acids is 2. The number of amides is 2. The molecule has 182 valence electrons. The maximum Gasteiger partial charge on any atom is 0.407 e. The molecule has 0 saturated carbocycles. The first-order valence-corrected chi connectivity index (χ1v) is 11.7. The number of hydrogen-bond donors (Lipinski definition) is 3. The van der Waals surface area contributed by atoms with E-state index >= 15 is 0 Å². The molecule has 1 aliphatic carbocycles. The number of rotatable bonds is 9. The highest BCUT2D eigenvalue weighted by Gasteiger charge is 2.32. The Morgan fingerprint density at radius 2 is 1.53 bits per heavy atom. The first-order valence-electron chi connectivity index (χ1n) is 11.7. The molecule has 0 aromatic heterocycles. The van der Waals surface area contributed by atoms with Crippen molar-refractivity contribution in [2.45, 2.75) is 65.0 Å². The molecule has 0 fully saturated rings. The molecule has 2 atom stereocenters. The summed E-state index contributed by atoms with van der Waals surface area (Å²) in [5.74, 6) is -1.36. The summed E-state index contributed by atoms with van der Waals surface area (Å²) in [5, 5.41) is 14.7. The molecule has 2 aromatic carbocycles. The number of alkyl carbamates (subject to hydrolysis) is 1. The van der Waals surface area contributed by atoms with Crippen LogP contribution >= 0.6 is 0 Å². The number of carboxylic acid groups (broad SMARTS) is 1. The summed E-state index contributed by atoms with van der Waals surface area (Å²) in [6, 6.07) is 15.2. The quantitative estimate of drug-likeness (QED) is 0.497. The highest BCUT2D eigenvalue weighted by Crippen LogP contribution is 2.44. The van der Waals surface area contributed by atoms with Gasteiger partial charge in [0.15, 0.2) is 0 Å². The second-order valence-corrected chi connectivity index (χ2v) is 9.97. The summed E-state index contributed by atoms with van der Waals surface area (Å²) in [5.41, 5.74) is 4.09. The van der Waals surface area contributed by atoms with Crippen molar-refractivity contribution in [1.29, 1.82) is 0 Å². The zero-order valence-electron chi connectivity index (χ0n) is 20.3. The van der Waals surface area contributed by atoms with Crippen molar-refractivity contribution in [3.8, 4) is 11.1 Å². The molecule has 0 spiro atoms. The normalized spacial score (nSPS) is 14.5. The first kappa shape index (κ1) is 25.3. The average molecular weight is 467 g/mol. The molecule has 3 N–H and O–H groups in total. The van der Waals surface area contributed by atoms with Crippen LogP contribution in [0.15, 0.2) is 48.5 Å². The summed E-state index contributed by atoms with van der Waals surface area (Å²) in [4.78, 5) is 36.0. The molecule has 34 heavy (non-hydrogen) atoms. The fraction of sp³-hybridized carbons (Fsp3) is 0.444. The van der Waals surface area contributed by atoms with E-state index in [1.165, 1.54) is 11.1 Å². The van der Waals surface area contributed by atoms with Crippen molar-refractivity contribution in [2.24, 2.45) is 5.41 Å². The number of carboxylic acids is 1. The molecule has 1 aliphatic rings. The summed E-state index contributed by atoms with van der Waals surface area (Å²) in [6.45, 7) is 7.41. The molecule has 1 unspecified atom stereocenters. The molecule has 0 aliphatic heterocycles.